The molecule has 4 nitrogen and oxygen atoms in total. The zero-order valence-electron chi connectivity index (χ0n) is 17.9. The summed E-state index contributed by atoms with van der Waals surface area (Å²) in [7, 11) is 0. The first-order valence-corrected chi connectivity index (χ1v) is 11.3. The molecule has 3 fully saturated rings. The number of rotatable bonds is 3. The summed E-state index contributed by atoms with van der Waals surface area (Å²) in [5.74, 6) is 1.36. The topological polar surface area (TPSA) is 52.6 Å². The van der Waals surface area contributed by atoms with Gasteiger partial charge in [0.25, 0.3) is 0 Å². The van der Waals surface area contributed by atoms with Crippen LogP contribution in [0.3, 0.4) is 0 Å². The highest BCUT2D eigenvalue weighted by Gasteiger charge is 2.59. The van der Waals surface area contributed by atoms with Gasteiger partial charge in [-0.1, -0.05) is 18.6 Å². The van der Waals surface area contributed by atoms with Crippen molar-refractivity contribution in [2.75, 3.05) is 0 Å². The van der Waals surface area contributed by atoms with Crippen LogP contribution in [0.1, 0.15) is 79.1 Å². The van der Waals surface area contributed by atoms with Crippen molar-refractivity contribution < 1.29 is 19.1 Å². The van der Waals surface area contributed by atoms with Gasteiger partial charge in [0.2, 0.25) is 0 Å². The molecule has 4 aliphatic carbocycles. The molecule has 3 saturated carbocycles. The van der Waals surface area contributed by atoms with E-state index in [1.165, 1.54) is 12.8 Å². The number of allylic oxidation sites excluding steroid dienone is 2. The Kier molecular flexibility index (Phi) is 5.12. The molecule has 4 rings (SSSR count). The molecule has 0 saturated heterocycles. The maximum atomic E-state index is 13.3. The molecule has 6 unspecified atom stereocenters. The van der Waals surface area contributed by atoms with Gasteiger partial charge in [0, 0.05) is 0 Å². The van der Waals surface area contributed by atoms with Gasteiger partial charge in [0.05, 0.1) is 11.3 Å². The average molecular weight is 389 g/mol. The van der Waals surface area contributed by atoms with E-state index in [0.29, 0.717) is 23.7 Å². The number of carbonyl (C=O) groups excluding carboxylic acids is 2. The Morgan fingerprint density at radius 3 is 2.25 bits per heavy atom. The minimum atomic E-state index is -0.793. The summed E-state index contributed by atoms with van der Waals surface area (Å²) < 4.78 is 11.8. The van der Waals surface area contributed by atoms with Crippen LogP contribution in [0.15, 0.2) is 12.2 Å². The number of esters is 2. The van der Waals surface area contributed by atoms with Crippen molar-refractivity contribution in [3.05, 3.63) is 12.2 Å². The summed E-state index contributed by atoms with van der Waals surface area (Å²) in [6.07, 6.45) is 12.8. The Morgan fingerprint density at radius 1 is 0.964 bits per heavy atom. The van der Waals surface area contributed by atoms with E-state index in [4.69, 9.17) is 9.47 Å². The number of ether oxygens (including phenoxy) is 2. The molecule has 2 bridgehead atoms. The molecular formula is C24H36O4. The molecule has 0 amide bonds. The van der Waals surface area contributed by atoms with Gasteiger partial charge in [-0.3, -0.25) is 9.59 Å². The van der Waals surface area contributed by atoms with Crippen LogP contribution in [0.4, 0.5) is 0 Å². The van der Waals surface area contributed by atoms with Crippen LogP contribution in [-0.4, -0.2) is 23.6 Å². The first-order valence-electron chi connectivity index (χ1n) is 11.3. The Labute approximate surface area is 169 Å². The predicted octanol–water partition coefficient (Wildman–Crippen LogP) is 5.06. The van der Waals surface area contributed by atoms with Gasteiger partial charge in [-0.25, -0.2) is 0 Å². The van der Waals surface area contributed by atoms with Crippen molar-refractivity contribution >= 4 is 11.9 Å². The maximum Gasteiger partial charge on any atom is 0.313 e. The predicted molar refractivity (Wildman–Crippen MR) is 107 cm³/mol. The molecule has 6 atom stereocenters. The zero-order chi connectivity index (χ0) is 20.1. The molecular weight excluding hydrogens is 352 g/mol. The molecule has 0 radical (unpaired) electrons. The summed E-state index contributed by atoms with van der Waals surface area (Å²) >= 11 is 0. The van der Waals surface area contributed by atoms with Gasteiger partial charge < -0.3 is 9.47 Å². The van der Waals surface area contributed by atoms with Gasteiger partial charge in [0.15, 0.2) is 0 Å². The fraction of sp³-hybridized carbons (Fsp3) is 0.833. The Hall–Kier alpha value is -1.32. The molecule has 0 heterocycles. The fourth-order valence-electron chi connectivity index (χ4n) is 6.25. The van der Waals surface area contributed by atoms with Gasteiger partial charge in [-0.15, -0.1) is 0 Å². The average Bonchev–Trinajstić information content (AvgIpc) is 3.22. The number of hydrogen-bond acceptors (Lipinski definition) is 4. The standard InChI is InChI=1S/C24H36O4/c1-23(2,3)28-22(26)24(4)14-19-16-11-10-15(12-16)18(19)13-20(24)21(25)27-17-8-6-5-7-9-17/h10-11,15-20H,5-9,12-14H2,1-4H3. The quantitative estimate of drug-likeness (QED) is 0.501. The molecule has 0 N–H and O–H groups in total. The summed E-state index contributed by atoms with van der Waals surface area (Å²) in [4.78, 5) is 26.6. The van der Waals surface area contributed by atoms with Crippen molar-refractivity contribution in [1.82, 2.24) is 0 Å². The van der Waals surface area contributed by atoms with Crippen LogP contribution >= 0.6 is 0 Å². The monoisotopic (exact) mass is 388 g/mol. The smallest absolute Gasteiger partial charge is 0.313 e. The van der Waals surface area contributed by atoms with Crippen molar-refractivity contribution in [3.63, 3.8) is 0 Å². The third kappa shape index (κ3) is 3.64. The highest BCUT2D eigenvalue weighted by molar-refractivity contribution is 5.86. The zero-order valence-corrected chi connectivity index (χ0v) is 17.9. The highest BCUT2D eigenvalue weighted by atomic mass is 16.6. The maximum absolute atomic E-state index is 13.3. The second-order valence-electron chi connectivity index (χ2n) is 10.9. The molecule has 0 aromatic carbocycles. The lowest BCUT2D eigenvalue weighted by atomic mass is 9.58. The van der Waals surface area contributed by atoms with Gasteiger partial charge in [-0.2, -0.15) is 0 Å². The van der Waals surface area contributed by atoms with E-state index in [9.17, 15) is 9.59 Å². The summed E-state index contributed by atoms with van der Waals surface area (Å²) in [5.41, 5.74) is -1.35. The molecule has 0 aromatic heterocycles. The highest BCUT2D eigenvalue weighted by Crippen LogP contribution is 2.60. The fourth-order valence-corrected chi connectivity index (χ4v) is 6.25. The molecule has 0 spiro atoms. The Morgan fingerprint density at radius 2 is 1.61 bits per heavy atom. The third-order valence-corrected chi connectivity index (χ3v) is 7.72. The van der Waals surface area contributed by atoms with E-state index in [-0.39, 0.29) is 18.0 Å². The second-order valence-corrected chi connectivity index (χ2v) is 10.9. The summed E-state index contributed by atoms with van der Waals surface area (Å²) in [6, 6.07) is 0. The van der Waals surface area contributed by atoms with Gasteiger partial charge in [0.1, 0.15) is 11.7 Å². The van der Waals surface area contributed by atoms with Crippen molar-refractivity contribution in [1.29, 1.82) is 0 Å². The molecule has 156 valence electrons. The number of hydrogen-bond donors (Lipinski definition) is 0. The first-order chi connectivity index (χ1) is 13.2. The van der Waals surface area contributed by atoms with E-state index in [1.807, 2.05) is 27.7 Å². The van der Waals surface area contributed by atoms with Crippen molar-refractivity contribution in [2.24, 2.45) is 35.0 Å². The van der Waals surface area contributed by atoms with E-state index < -0.39 is 16.9 Å². The Bertz CT molecular complexity index is 654. The van der Waals surface area contributed by atoms with E-state index in [2.05, 4.69) is 12.2 Å². The van der Waals surface area contributed by atoms with Crippen LogP contribution in [0.25, 0.3) is 0 Å². The molecule has 4 heteroatoms. The van der Waals surface area contributed by atoms with E-state index >= 15 is 0 Å². The van der Waals surface area contributed by atoms with Crippen molar-refractivity contribution in [3.8, 4) is 0 Å². The van der Waals surface area contributed by atoms with E-state index in [1.54, 1.807) is 0 Å². The van der Waals surface area contributed by atoms with Gasteiger partial charge in [-0.05, 0) is 96.3 Å². The third-order valence-electron chi connectivity index (χ3n) is 7.72. The lowest BCUT2D eigenvalue weighted by Gasteiger charge is -2.47. The SMILES string of the molecule is CC(C)(C)OC(=O)C1(C)CC2C3C=CC(C3)C2CC1C(=O)OC1CCCCC1. The molecule has 0 aliphatic heterocycles. The van der Waals surface area contributed by atoms with Crippen LogP contribution < -0.4 is 0 Å². The van der Waals surface area contributed by atoms with E-state index in [0.717, 1.165) is 38.5 Å². The van der Waals surface area contributed by atoms with Crippen LogP contribution in [0.5, 0.6) is 0 Å². The van der Waals surface area contributed by atoms with Crippen LogP contribution in [0.2, 0.25) is 0 Å². The Balaban J connectivity index is 1.57. The largest absolute Gasteiger partial charge is 0.462 e. The first kappa shape index (κ1) is 20.0. The lowest BCUT2D eigenvalue weighted by Crippen LogP contribution is -2.51. The second kappa shape index (κ2) is 7.18. The minimum absolute atomic E-state index is 0.0294. The minimum Gasteiger partial charge on any atom is -0.462 e. The number of fused-ring (bicyclic) bond motifs is 5. The molecule has 0 aromatic rings. The summed E-state index contributed by atoms with van der Waals surface area (Å²) in [5, 5.41) is 0. The van der Waals surface area contributed by atoms with Gasteiger partial charge >= 0.3 is 11.9 Å². The normalized spacial score (nSPS) is 40.2. The van der Waals surface area contributed by atoms with Crippen LogP contribution in [0, 0.1) is 35.0 Å². The lowest BCUT2D eigenvalue weighted by molar-refractivity contribution is -0.186. The number of carbonyl (C=O) groups is 2. The molecule has 28 heavy (non-hydrogen) atoms. The summed E-state index contributed by atoms with van der Waals surface area (Å²) in [6.45, 7) is 7.65. The molecule has 4 aliphatic rings. The van der Waals surface area contributed by atoms with Crippen molar-refractivity contribution in [2.45, 2.75) is 90.8 Å². The van der Waals surface area contributed by atoms with Crippen LogP contribution in [-0.2, 0) is 19.1 Å².